The fourth-order valence-corrected chi connectivity index (χ4v) is 1.77. The smallest absolute Gasteiger partial charge is 0.338 e. The largest absolute Gasteiger partial charge is 0.508 e. The first-order valence-electron chi connectivity index (χ1n) is 7.04. The molecule has 1 rings (SSSR count). The van der Waals surface area contributed by atoms with Gasteiger partial charge in [0, 0.05) is 5.34 Å². The Bertz CT molecular complexity index is 405. The van der Waals surface area contributed by atoms with Crippen molar-refractivity contribution in [3.63, 3.8) is 0 Å². The van der Waals surface area contributed by atoms with E-state index < -0.39 is 0 Å². The normalized spacial score (nSPS) is 11.0. The Balaban J connectivity index is 0.00000122. The minimum atomic E-state index is -0.321. The van der Waals surface area contributed by atoms with E-state index in [0.29, 0.717) is 5.56 Å². The molecule has 0 heterocycles. The van der Waals surface area contributed by atoms with Crippen molar-refractivity contribution in [2.24, 2.45) is 0 Å². The van der Waals surface area contributed by atoms with Crippen LogP contribution in [0.2, 0.25) is 0 Å². The van der Waals surface area contributed by atoms with E-state index in [4.69, 9.17) is 20.0 Å². The summed E-state index contributed by atoms with van der Waals surface area (Å²) in [5.74, 6) is -0.169. The van der Waals surface area contributed by atoms with E-state index in [1.165, 1.54) is 31.4 Å². The van der Waals surface area contributed by atoms with Gasteiger partial charge in [0.1, 0.15) is 5.75 Å². The Kier molecular flexibility index (Phi) is 10.5. The van der Waals surface area contributed by atoms with Gasteiger partial charge in [-0.1, -0.05) is 26.2 Å². The minimum Gasteiger partial charge on any atom is -0.508 e. The van der Waals surface area contributed by atoms with Gasteiger partial charge in [0.05, 0.1) is 11.7 Å². The molecule has 21 heavy (non-hydrogen) atoms. The van der Waals surface area contributed by atoms with E-state index in [9.17, 15) is 4.79 Å². The molecule has 0 bridgehead atoms. The minimum absolute atomic E-state index is 0.0526. The van der Waals surface area contributed by atoms with Crippen LogP contribution in [-0.2, 0) is 4.74 Å². The topological polar surface area (TPSA) is 101 Å². The number of carbonyl (C=O) groups excluding carboxylic acids is 1. The summed E-state index contributed by atoms with van der Waals surface area (Å²) < 4.78 is 5.34. The van der Waals surface area contributed by atoms with Crippen molar-refractivity contribution in [2.75, 3.05) is 0 Å². The molecule has 0 aliphatic rings. The van der Waals surface area contributed by atoms with E-state index in [1.807, 2.05) is 6.92 Å². The first-order valence-corrected chi connectivity index (χ1v) is 7.04. The molecule has 1 aromatic rings. The standard InChI is InChI=1S/C15H22O3.HNO2/c1-3-4-5-6-7-12(2)18-15(17)13-8-10-14(16)11-9-13;2-1-3/h8-12,16H,3-7H2,1-2H3;1H. The lowest BCUT2D eigenvalue weighted by atomic mass is 10.1. The van der Waals surface area contributed by atoms with E-state index in [-0.39, 0.29) is 23.2 Å². The summed E-state index contributed by atoms with van der Waals surface area (Å²) in [6.07, 6.45) is 5.59. The van der Waals surface area contributed by atoms with Gasteiger partial charge < -0.3 is 9.84 Å². The maximum absolute atomic E-state index is 11.8. The number of benzene rings is 1. The SMILES string of the molecule is CCCCCCC(C)OC(=O)c1ccc(O)cc1.O=[NH+][O-]. The number of hydrogen-bond acceptors (Lipinski definition) is 5. The lowest BCUT2D eigenvalue weighted by Crippen LogP contribution is -2.53. The van der Waals surface area contributed by atoms with E-state index in [1.54, 1.807) is 12.1 Å². The molecule has 0 aliphatic carbocycles. The summed E-state index contributed by atoms with van der Waals surface area (Å²) in [4.78, 5) is 19.9. The van der Waals surface area contributed by atoms with Crippen molar-refractivity contribution in [1.82, 2.24) is 0 Å². The molecule has 1 atom stereocenters. The Morgan fingerprint density at radius 3 is 2.38 bits per heavy atom. The second kappa shape index (κ2) is 11.7. The highest BCUT2D eigenvalue weighted by molar-refractivity contribution is 5.89. The van der Waals surface area contributed by atoms with E-state index in [0.717, 1.165) is 12.8 Å². The Morgan fingerprint density at radius 1 is 1.29 bits per heavy atom. The van der Waals surface area contributed by atoms with Crippen molar-refractivity contribution in [3.8, 4) is 5.75 Å². The molecule has 0 spiro atoms. The molecule has 6 nitrogen and oxygen atoms in total. The van der Waals surface area contributed by atoms with Crippen molar-refractivity contribution >= 4 is 5.97 Å². The van der Waals surface area contributed by atoms with Crippen molar-refractivity contribution in [1.29, 1.82) is 0 Å². The number of phenols is 1. The number of rotatable bonds is 7. The molecular weight excluding hydrogens is 274 g/mol. The Labute approximate surface area is 124 Å². The molecule has 0 saturated carbocycles. The van der Waals surface area contributed by atoms with Gasteiger partial charge in [0.15, 0.2) is 0 Å². The highest BCUT2D eigenvalue weighted by Gasteiger charge is 2.11. The first kappa shape index (κ1) is 18.9. The monoisotopic (exact) mass is 297 g/mol. The average molecular weight is 297 g/mol. The maximum Gasteiger partial charge on any atom is 0.338 e. The van der Waals surface area contributed by atoms with Crippen molar-refractivity contribution in [2.45, 2.75) is 52.1 Å². The second-order valence-electron chi connectivity index (χ2n) is 4.70. The molecule has 1 aromatic carbocycles. The van der Waals surface area contributed by atoms with Crippen LogP contribution >= 0.6 is 0 Å². The summed E-state index contributed by atoms with van der Waals surface area (Å²) in [7, 11) is 0. The summed E-state index contributed by atoms with van der Waals surface area (Å²) in [5, 5.41) is 17.5. The van der Waals surface area contributed by atoms with Crippen LogP contribution in [0.1, 0.15) is 56.3 Å². The number of esters is 1. The fourth-order valence-electron chi connectivity index (χ4n) is 1.77. The van der Waals surface area contributed by atoms with Crippen molar-refractivity contribution < 1.29 is 20.0 Å². The lowest BCUT2D eigenvalue weighted by molar-refractivity contribution is -0.398. The zero-order chi connectivity index (χ0) is 16.1. The molecule has 2 N–H and O–H groups in total. The van der Waals surface area contributed by atoms with Crippen molar-refractivity contribution in [3.05, 3.63) is 39.9 Å². The van der Waals surface area contributed by atoms with Crippen LogP contribution < -0.4 is 5.34 Å². The molecule has 0 fully saturated rings. The van der Waals surface area contributed by atoms with Crippen LogP contribution in [0, 0.1) is 10.1 Å². The van der Waals surface area contributed by atoms with Crippen LogP contribution in [0.25, 0.3) is 0 Å². The van der Waals surface area contributed by atoms with Crippen LogP contribution in [0.5, 0.6) is 5.75 Å². The average Bonchev–Trinajstić information content (AvgIpc) is 2.45. The number of unbranched alkanes of at least 4 members (excludes halogenated alkanes) is 3. The molecule has 0 radical (unpaired) electrons. The summed E-state index contributed by atoms with van der Waals surface area (Å²) in [5.41, 5.74) is 0.480. The predicted octanol–water partition coefficient (Wildman–Crippen LogP) is 2.24. The number of nitrogens with one attached hydrogen (secondary N) is 1. The molecular formula is C15H23NO5. The third-order valence-electron chi connectivity index (χ3n) is 2.88. The number of phenolic OH excluding ortho intramolecular Hbond substituents is 1. The number of ether oxygens (including phenoxy) is 1. The molecule has 1 unspecified atom stereocenters. The van der Waals surface area contributed by atoms with Gasteiger partial charge in [-0.25, -0.2) is 4.79 Å². The van der Waals surface area contributed by atoms with Crippen LogP contribution in [0.15, 0.2) is 24.3 Å². The summed E-state index contributed by atoms with van der Waals surface area (Å²) in [6.45, 7) is 4.10. The molecule has 118 valence electrons. The third kappa shape index (κ3) is 9.43. The van der Waals surface area contributed by atoms with E-state index >= 15 is 0 Å². The maximum atomic E-state index is 11.8. The van der Waals surface area contributed by atoms with Gasteiger partial charge >= 0.3 is 5.97 Å². The predicted molar refractivity (Wildman–Crippen MR) is 79.4 cm³/mol. The molecule has 6 heteroatoms. The van der Waals surface area contributed by atoms with Gasteiger partial charge in [0.2, 0.25) is 0 Å². The molecule has 0 aromatic heterocycles. The zero-order valence-electron chi connectivity index (χ0n) is 12.5. The Morgan fingerprint density at radius 2 is 1.86 bits per heavy atom. The highest BCUT2D eigenvalue weighted by Crippen LogP contribution is 2.13. The lowest BCUT2D eigenvalue weighted by Gasteiger charge is -2.13. The van der Waals surface area contributed by atoms with Gasteiger partial charge in [-0.15, -0.1) is 0 Å². The van der Waals surface area contributed by atoms with Gasteiger partial charge in [0.25, 0.3) is 0 Å². The van der Waals surface area contributed by atoms with Gasteiger partial charge in [-0.2, -0.15) is 0 Å². The highest BCUT2D eigenvalue weighted by atomic mass is 16.6. The fraction of sp³-hybridized carbons (Fsp3) is 0.533. The van der Waals surface area contributed by atoms with Gasteiger partial charge in [-0.3, -0.25) is 10.1 Å². The molecule has 0 amide bonds. The third-order valence-corrected chi connectivity index (χ3v) is 2.88. The summed E-state index contributed by atoms with van der Waals surface area (Å²) in [6, 6.07) is 6.12. The number of hydrogen-bond donors (Lipinski definition) is 2. The van der Waals surface area contributed by atoms with Crippen LogP contribution in [-0.4, -0.2) is 17.2 Å². The molecule has 0 aliphatic heterocycles. The first-order chi connectivity index (χ1) is 10.0. The van der Waals surface area contributed by atoms with Gasteiger partial charge in [-0.05, 0) is 44.0 Å². The number of aromatic hydroxyl groups is 1. The Hall–Kier alpha value is -2.11. The van der Waals surface area contributed by atoms with E-state index in [2.05, 4.69) is 6.92 Å². The second-order valence-corrected chi connectivity index (χ2v) is 4.70. The van der Waals surface area contributed by atoms with Crippen LogP contribution in [0.3, 0.4) is 0 Å². The van der Waals surface area contributed by atoms with Crippen LogP contribution in [0.4, 0.5) is 0 Å². The number of carbonyl (C=O) groups is 1. The quantitative estimate of drug-likeness (QED) is 0.348. The molecule has 0 saturated heterocycles. The zero-order valence-corrected chi connectivity index (χ0v) is 12.5. The summed E-state index contributed by atoms with van der Waals surface area (Å²) >= 11 is 0.